The van der Waals surface area contributed by atoms with Crippen LogP contribution in [0.25, 0.3) is 0 Å². The van der Waals surface area contributed by atoms with Gasteiger partial charge in [-0.2, -0.15) is 0 Å². The molecule has 0 radical (unpaired) electrons. The summed E-state index contributed by atoms with van der Waals surface area (Å²) in [4.78, 5) is 7.35. The molecule has 0 aromatic carbocycles. The highest BCUT2D eigenvalue weighted by molar-refractivity contribution is 7.88. The van der Waals surface area contributed by atoms with Gasteiger partial charge in [-0.1, -0.05) is 0 Å². The Labute approximate surface area is 71.9 Å². The second-order valence-corrected chi connectivity index (χ2v) is 3.83. The highest BCUT2D eigenvalue weighted by Crippen LogP contribution is 1.66. The molecule has 0 amide bonds. The van der Waals surface area contributed by atoms with Crippen molar-refractivity contribution in [2.45, 2.75) is 0 Å². The molecule has 5 nitrogen and oxygen atoms in total. The maximum atomic E-state index is 9.89. The van der Waals surface area contributed by atoms with Crippen molar-refractivity contribution in [3.8, 4) is 0 Å². The van der Waals surface area contributed by atoms with Crippen molar-refractivity contribution < 1.29 is 8.42 Å². The summed E-state index contributed by atoms with van der Waals surface area (Å²) in [5.74, 6) is 0. The molecule has 0 bridgehead atoms. The first kappa shape index (κ1) is 11.0. The van der Waals surface area contributed by atoms with Crippen LogP contribution >= 0.6 is 0 Å². The largest absolute Gasteiger partial charge is 0.245 e. The number of rotatable bonds is 1. The Morgan fingerprint density at radius 2 is 1.67 bits per heavy atom. The number of sulfonamides is 1. The number of hydrogen-bond acceptors (Lipinski definition) is 4. The van der Waals surface area contributed by atoms with E-state index in [1.807, 2.05) is 0 Å². The molecule has 1 aromatic heterocycles. The lowest BCUT2D eigenvalue weighted by Gasteiger charge is -1.85. The monoisotopic (exact) mass is 189 g/mol. The van der Waals surface area contributed by atoms with Crippen LogP contribution in [0.4, 0.5) is 0 Å². The Morgan fingerprint density at radius 1 is 1.25 bits per heavy atom. The molecule has 1 rings (SSSR count). The van der Waals surface area contributed by atoms with E-state index in [0.717, 1.165) is 6.26 Å². The molecule has 1 heterocycles. The molecule has 0 saturated carbocycles. The van der Waals surface area contributed by atoms with E-state index in [2.05, 4.69) is 14.7 Å². The van der Waals surface area contributed by atoms with Gasteiger partial charge in [0.05, 0.1) is 6.26 Å². The molecule has 1 aromatic rings. The standard InChI is InChI=1S/C4H4N2.C2H7NO2S/c1-2-5-4-6-3-1;1-3-6(2,4)5/h1-4H;3H,1-2H3. The van der Waals surface area contributed by atoms with Gasteiger partial charge in [-0.05, 0) is 13.1 Å². The van der Waals surface area contributed by atoms with E-state index in [-0.39, 0.29) is 0 Å². The predicted molar refractivity (Wildman–Crippen MR) is 45.9 cm³/mol. The highest BCUT2D eigenvalue weighted by atomic mass is 32.2. The fourth-order valence-corrected chi connectivity index (χ4v) is 0.253. The smallest absolute Gasteiger partial charge is 0.208 e. The van der Waals surface area contributed by atoms with E-state index >= 15 is 0 Å². The summed E-state index contributed by atoms with van der Waals surface area (Å²) in [6.45, 7) is 0. The van der Waals surface area contributed by atoms with Gasteiger partial charge in [-0.25, -0.2) is 23.1 Å². The molecule has 0 aliphatic carbocycles. The molecule has 12 heavy (non-hydrogen) atoms. The molecule has 0 saturated heterocycles. The fraction of sp³-hybridized carbons (Fsp3) is 0.333. The second kappa shape index (κ2) is 5.62. The average molecular weight is 189 g/mol. The topological polar surface area (TPSA) is 72.0 Å². The predicted octanol–water partition coefficient (Wildman–Crippen LogP) is -0.358. The van der Waals surface area contributed by atoms with Gasteiger partial charge in [0.25, 0.3) is 0 Å². The lowest BCUT2D eigenvalue weighted by molar-refractivity contribution is 0.594. The molecular weight excluding hydrogens is 178 g/mol. The van der Waals surface area contributed by atoms with Crippen LogP contribution < -0.4 is 4.72 Å². The SMILES string of the molecule is CNS(C)(=O)=O.c1cncnc1. The maximum Gasteiger partial charge on any atom is 0.208 e. The molecule has 68 valence electrons. The minimum absolute atomic E-state index is 1.10. The third-order valence-corrected chi connectivity index (χ3v) is 1.59. The minimum Gasteiger partial charge on any atom is -0.245 e. The van der Waals surface area contributed by atoms with Crippen molar-refractivity contribution in [2.75, 3.05) is 13.3 Å². The summed E-state index contributed by atoms with van der Waals surface area (Å²) in [7, 11) is -1.54. The van der Waals surface area contributed by atoms with Crippen molar-refractivity contribution >= 4 is 10.0 Å². The van der Waals surface area contributed by atoms with Gasteiger partial charge in [0, 0.05) is 12.4 Å². The van der Waals surface area contributed by atoms with Crippen molar-refractivity contribution in [2.24, 2.45) is 0 Å². The van der Waals surface area contributed by atoms with Crippen LogP contribution in [0, 0.1) is 0 Å². The molecule has 0 atom stereocenters. The molecule has 0 aliphatic heterocycles. The van der Waals surface area contributed by atoms with E-state index in [0.29, 0.717) is 0 Å². The first-order chi connectivity index (χ1) is 5.56. The van der Waals surface area contributed by atoms with Gasteiger partial charge in [0.2, 0.25) is 10.0 Å². The number of hydrogen-bond donors (Lipinski definition) is 1. The van der Waals surface area contributed by atoms with E-state index in [1.54, 1.807) is 18.5 Å². The molecule has 0 fully saturated rings. The maximum absolute atomic E-state index is 9.89. The summed E-state index contributed by atoms with van der Waals surface area (Å²) in [5, 5.41) is 0. The highest BCUT2D eigenvalue weighted by Gasteiger charge is 1.88. The summed E-state index contributed by atoms with van der Waals surface area (Å²) < 4.78 is 21.9. The third kappa shape index (κ3) is 8.99. The van der Waals surface area contributed by atoms with E-state index in [9.17, 15) is 8.42 Å². The molecule has 0 aliphatic rings. The quantitative estimate of drug-likeness (QED) is 0.655. The lowest BCUT2D eigenvalue weighted by Crippen LogP contribution is -2.15. The van der Waals surface area contributed by atoms with Crippen LogP contribution in [-0.4, -0.2) is 31.7 Å². The number of nitrogens with one attached hydrogen (secondary N) is 1. The molecule has 0 unspecified atom stereocenters. The number of aromatic nitrogens is 2. The van der Waals surface area contributed by atoms with Crippen LogP contribution in [-0.2, 0) is 10.0 Å². The first-order valence-corrected chi connectivity index (χ1v) is 5.04. The zero-order valence-electron chi connectivity index (χ0n) is 6.93. The van der Waals surface area contributed by atoms with Gasteiger partial charge >= 0.3 is 0 Å². The Balaban J connectivity index is 0.000000202. The van der Waals surface area contributed by atoms with E-state index in [4.69, 9.17) is 0 Å². The third-order valence-electron chi connectivity index (χ3n) is 0.848. The fourth-order valence-electron chi connectivity index (χ4n) is 0.253. The number of nitrogens with zero attached hydrogens (tertiary/aromatic N) is 2. The summed E-state index contributed by atoms with van der Waals surface area (Å²) >= 11 is 0. The molecule has 0 spiro atoms. The van der Waals surface area contributed by atoms with Gasteiger partial charge in [0.15, 0.2) is 0 Å². The Hall–Kier alpha value is -1.01. The molecule has 6 heteroatoms. The zero-order valence-corrected chi connectivity index (χ0v) is 7.75. The van der Waals surface area contributed by atoms with Gasteiger partial charge in [-0.3, -0.25) is 0 Å². The normalized spacial score (nSPS) is 9.83. The minimum atomic E-state index is -2.91. The molecular formula is C6H11N3O2S. The summed E-state index contributed by atoms with van der Waals surface area (Å²) in [5.41, 5.74) is 0. The first-order valence-electron chi connectivity index (χ1n) is 3.15. The van der Waals surface area contributed by atoms with Crippen molar-refractivity contribution in [1.29, 1.82) is 0 Å². The van der Waals surface area contributed by atoms with Crippen LogP contribution in [0.5, 0.6) is 0 Å². The van der Waals surface area contributed by atoms with E-state index in [1.165, 1.54) is 13.4 Å². The Bertz CT molecular complexity index is 258. The Morgan fingerprint density at radius 3 is 1.75 bits per heavy atom. The van der Waals surface area contributed by atoms with Crippen LogP contribution in [0.1, 0.15) is 0 Å². The summed E-state index contributed by atoms with van der Waals surface area (Å²) in [6, 6.07) is 1.78. The zero-order chi connectivity index (χ0) is 9.45. The van der Waals surface area contributed by atoms with Gasteiger partial charge in [0.1, 0.15) is 6.33 Å². The summed E-state index contributed by atoms with van der Waals surface area (Å²) in [6.07, 6.45) is 5.98. The lowest BCUT2D eigenvalue weighted by atomic mass is 10.7. The Kier molecular flexibility index (Phi) is 5.14. The van der Waals surface area contributed by atoms with Gasteiger partial charge < -0.3 is 0 Å². The second-order valence-electron chi connectivity index (χ2n) is 1.88. The van der Waals surface area contributed by atoms with Crippen molar-refractivity contribution in [3.05, 3.63) is 24.8 Å². The molecule has 1 N–H and O–H groups in total. The van der Waals surface area contributed by atoms with Gasteiger partial charge in [-0.15, -0.1) is 0 Å². The van der Waals surface area contributed by atoms with Crippen LogP contribution in [0.15, 0.2) is 24.8 Å². The van der Waals surface area contributed by atoms with E-state index < -0.39 is 10.0 Å². The average Bonchev–Trinajstić information content (AvgIpc) is 2.07. The van der Waals surface area contributed by atoms with Crippen molar-refractivity contribution in [3.63, 3.8) is 0 Å². The van der Waals surface area contributed by atoms with Crippen molar-refractivity contribution in [1.82, 2.24) is 14.7 Å². The van der Waals surface area contributed by atoms with Crippen LogP contribution in [0.2, 0.25) is 0 Å². The van der Waals surface area contributed by atoms with Crippen LogP contribution in [0.3, 0.4) is 0 Å².